The van der Waals surface area contributed by atoms with Crippen LogP contribution < -0.4 is 0 Å². The summed E-state index contributed by atoms with van der Waals surface area (Å²) in [5.74, 6) is -0.153. The van der Waals surface area contributed by atoms with Gasteiger partial charge in [0.1, 0.15) is 5.75 Å². The molecule has 0 saturated carbocycles. The summed E-state index contributed by atoms with van der Waals surface area (Å²) in [6, 6.07) is 9.85. The van der Waals surface area contributed by atoms with Crippen molar-refractivity contribution in [2.45, 2.75) is 40.5 Å². The summed E-state index contributed by atoms with van der Waals surface area (Å²) in [5, 5.41) is 10.6. The van der Waals surface area contributed by atoms with Crippen LogP contribution in [0.4, 0.5) is 0 Å². The predicted molar refractivity (Wildman–Crippen MR) is 93.0 cm³/mol. The monoisotopic (exact) mass is 312 g/mol. The molecule has 122 valence electrons. The molecule has 1 N–H and O–H groups in total. The van der Waals surface area contributed by atoms with Gasteiger partial charge in [0.05, 0.1) is 12.2 Å². The lowest BCUT2D eigenvalue weighted by atomic mass is 9.85. The molecule has 23 heavy (non-hydrogen) atoms. The first kappa shape index (κ1) is 17.1. The molecule has 0 radical (unpaired) electrons. The Morgan fingerprint density at radius 1 is 1.04 bits per heavy atom. The molecule has 0 unspecified atom stereocenters. The van der Waals surface area contributed by atoms with E-state index in [2.05, 4.69) is 0 Å². The summed E-state index contributed by atoms with van der Waals surface area (Å²) in [6.07, 6.45) is 1.31. The lowest BCUT2D eigenvalue weighted by molar-refractivity contribution is 0.0525. The lowest BCUT2D eigenvalue weighted by Gasteiger charge is -2.21. The third-order valence-electron chi connectivity index (χ3n) is 4.20. The highest BCUT2D eigenvalue weighted by atomic mass is 16.5. The Bertz CT molecular complexity index is 703. The van der Waals surface area contributed by atoms with Crippen molar-refractivity contribution in [3.8, 4) is 16.9 Å². The SMILES string of the molecule is CCOC(=O)c1c(CC)c(O)c(C)c(CC)c1-c1ccccc1. The van der Waals surface area contributed by atoms with Crippen LogP contribution in [0.1, 0.15) is 47.8 Å². The van der Waals surface area contributed by atoms with E-state index in [-0.39, 0.29) is 11.7 Å². The molecule has 2 rings (SSSR count). The first-order chi connectivity index (χ1) is 11.1. The maximum Gasteiger partial charge on any atom is 0.339 e. The zero-order valence-electron chi connectivity index (χ0n) is 14.3. The molecule has 0 spiro atoms. The number of benzene rings is 2. The molecule has 0 heterocycles. The maximum absolute atomic E-state index is 12.6. The van der Waals surface area contributed by atoms with Crippen LogP contribution >= 0.6 is 0 Å². The molecule has 0 aromatic heterocycles. The number of aromatic hydroxyl groups is 1. The Kier molecular flexibility index (Phi) is 5.43. The van der Waals surface area contributed by atoms with Gasteiger partial charge in [0.15, 0.2) is 0 Å². The molecule has 0 aliphatic heterocycles. The topological polar surface area (TPSA) is 46.5 Å². The van der Waals surface area contributed by atoms with Gasteiger partial charge in [-0.3, -0.25) is 0 Å². The summed E-state index contributed by atoms with van der Waals surface area (Å²) in [6.45, 7) is 7.99. The van der Waals surface area contributed by atoms with E-state index < -0.39 is 0 Å². The minimum atomic E-state index is -0.367. The molecule has 0 aliphatic rings. The highest BCUT2D eigenvalue weighted by Gasteiger charge is 2.26. The molecule has 0 fully saturated rings. The molecule has 0 bridgehead atoms. The molecule has 3 heteroatoms. The fourth-order valence-electron chi connectivity index (χ4n) is 3.12. The van der Waals surface area contributed by atoms with Gasteiger partial charge in [0.2, 0.25) is 0 Å². The number of phenolic OH excluding ortho intramolecular Hbond substituents is 1. The van der Waals surface area contributed by atoms with Crippen LogP contribution in [0.5, 0.6) is 5.75 Å². The third kappa shape index (κ3) is 3.09. The van der Waals surface area contributed by atoms with Crippen LogP contribution in [-0.2, 0) is 17.6 Å². The highest BCUT2D eigenvalue weighted by Crippen LogP contribution is 2.39. The first-order valence-electron chi connectivity index (χ1n) is 8.16. The van der Waals surface area contributed by atoms with Crippen LogP contribution in [0.2, 0.25) is 0 Å². The van der Waals surface area contributed by atoms with Crippen molar-refractivity contribution >= 4 is 5.97 Å². The average molecular weight is 312 g/mol. The zero-order valence-corrected chi connectivity index (χ0v) is 14.3. The van der Waals surface area contributed by atoms with Crippen molar-refractivity contribution in [3.63, 3.8) is 0 Å². The molecule has 2 aromatic carbocycles. The summed E-state index contributed by atoms with van der Waals surface area (Å²) >= 11 is 0. The van der Waals surface area contributed by atoms with Gasteiger partial charge in [-0.15, -0.1) is 0 Å². The average Bonchev–Trinajstić information content (AvgIpc) is 2.57. The van der Waals surface area contributed by atoms with Crippen LogP contribution in [-0.4, -0.2) is 17.7 Å². The van der Waals surface area contributed by atoms with E-state index >= 15 is 0 Å². The maximum atomic E-state index is 12.6. The van der Waals surface area contributed by atoms with E-state index in [0.29, 0.717) is 24.2 Å². The van der Waals surface area contributed by atoms with Gasteiger partial charge in [-0.25, -0.2) is 4.79 Å². The van der Waals surface area contributed by atoms with Gasteiger partial charge in [-0.2, -0.15) is 0 Å². The van der Waals surface area contributed by atoms with E-state index in [1.165, 1.54) is 0 Å². The molecular formula is C20H24O3. The quantitative estimate of drug-likeness (QED) is 0.816. The lowest BCUT2D eigenvalue weighted by Crippen LogP contribution is -2.13. The van der Waals surface area contributed by atoms with Crippen molar-refractivity contribution in [2.75, 3.05) is 6.61 Å². The Hall–Kier alpha value is -2.29. The van der Waals surface area contributed by atoms with Gasteiger partial charge in [-0.1, -0.05) is 44.2 Å². The van der Waals surface area contributed by atoms with Crippen LogP contribution in [0.3, 0.4) is 0 Å². The van der Waals surface area contributed by atoms with Crippen molar-refractivity contribution in [3.05, 3.63) is 52.6 Å². The predicted octanol–water partition coefficient (Wildman–Crippen LogP) is 4.67. The van der Waals surface area contributed by atoms with E-state index in [4.69, 9.17) is 4.74 Å². The summed E-state index contributed by atoms with van der Waals surface area (Å²) in [5.41, 5.74) is 4.87. The number of carbonyl (C=O) groups excluding carboxylic acids is 1. The van der Waals surface area contributed by atoms with E-state index in [1.54, 1.807) is 6.92 Å². The number of phenols is 1. The number of hydrogen-bond acceptors (Lipinski definition) is 3. The normalized spacial score (nSPS) is 10.6. The number of hydrogen-bond donors (Lipinski definition) is 1. The van der Waals surface area contributed by atoms with Crippen molar-refractivity contribution in [1.82, 2.24) is 0 Å². The molecule has 0 atom stereocenters. The fourth-order valence-corrected chi connectivity index (χ4v) is 3.12. The van der Waals surface area contributed by atoms with Gasteiger partial charge >= 0.3 is 5.97 Å². The van der Waals surface area contributed by atoms with Gasteiger partial charge < -0.3 is 9.84 Å². The van der Waals surface area contributed by atoms with Crippen molar-refractivity contribution in [2.24, 2.45) is 0 Å². The Morgan fingerprint density at radius 3 is 2.17 bits per heavy atom. The molecular weight excluding hydrogens is 288 g/mol. The van der Waals surface area contributed by atoms with Crippen LogP contribution in [0, 0.1) is 6.92 Å². The number of rotatable bonds is 5. The smallest absolute Gasteiger partial charge is 0.339 e. The second kappa shape index (κ2) is 7.32. The molecule has 2 aromatic rings. The van der Waals surface area contributed by atoms with E-state index in [9.17, 15) is 9.90 Å². The number of carbonyl (C=O) groups is 1. The molecule has 0 amide bonds. The van der Waals surface area contributed by atoms with Crippen molar-refractivity contribution < 1.29 is 14.6 Å². The fraction of sp³-hybridized carbons (Fsp3) is 0.350. The van der Waals surface area contributed by atoms with Gasteiger partial charge in [-0.05, 0) is 43.4 Å². The van der Waals surface area contributed by atoms with Crippen molar-refractivity contribution in [1.29, 1.82) is 0 Å². The first-order valence-corrected chi connectivity index (χ1v) is 8.16. The van der Waals surface area contributed by atoms with Crippen LogP contribution in [0.15, 0.2) is 30.3 Å². The summed E-state index contributed by atoms with van der Waals surface area (Å²) < 4.78 is 5.28. The number of ether oxygens (including phenoxy) is 1. The Morgan fingerprint density at radius 2 is 1.65 bits per heavy atom. The van der Waals surface area contributed by atoms with E-state index in [0.717, 1.165) is 28.7 Å². The summed E-state index contributed by atoms with van der Waals surface area (Å²) in [4.78, 5) is 12.6. The van der Waals surface area contributed by atoms with Gasteiger partial charge in [0, 0.05) is 11.1 Å². The second-order valence-electron chi connectivity index (χ2n) is 5.47. The standard InChI is InChI=1S/C20H24O3/c1-5-15-13(4)19(21)16(6-2)18(20(22)23-7-3)17(15)14-11-9-8-10-12-14/h8-12,21H,5-7H2,1-4H3. The molecule has 0 saturated heterocycles. The zero-order chi connectivity index (χ0) is 17.0. The summed E-state index contributed by atoms with van der Waals surface area (Å²) in [7, 11) is 0. The Labute approximate surface area is 137 Å². The number of esters is 1. The second-order valence-corrected chi connectivity index (χ2v) is 5.47. The van der Waals surface area contributed by atoms with E-state index in [1.807, 2.05) is 51.1 Å². The van der Waals surface area contributed by atoms with Gasteiger partial charge in [0.25, 0.3) is 0 Å². The molecule has 3 nitrogen and oxygen atoms in total. The molecule has 0 aliphatic carbocycles. The third-order valence-corrected chi connectivity index (χ3v) is 4.20. The minimum Gasteiger partial charge on any atom is -0.507 e. The van der Waals surface area contributed by atoms with Crippen LogP contribution in [0.25, 0.3) is 11.1 Å². The largest absolute Gasteiger partial charge is 0.507 e. The highest BCUT2D eigenvalue weighted by molar-refractivity contribution is 6.01. The minimum absolute atomic E-state index is 0.215. The Balaban J connectivity index is 2.90.